The van der Waals surface area contributed by atoms with Gasteiger partial charge in [0.15, 0.2) is 17.3 Å². The molecule has 0 aliphatic rings. The van der Waals surface area contributed by atoms with Gasteiger partial charge >= 0.3 is 6.18 Å². The number of halogens is 8. The van der Waals surface area contributed by atoms with Crippen LogP contribution in [0.4, 0.5) is 17.6 Å². The van der Waals surface area contributed by atoms with Crippen LogP contribution in [0.25, 0.3) is 0 Å². The highest BCUT2D eigenvalue weighted by Gasteiger charge is 2.44. The minimum absolute atomic E-state index is 0.0757. The number of benzene rings is 3. The molecule has 0 radical (unpaired) electrons. The lowest BCUT2D eigenvalue weighted by molar-refractivity contribution is -0.137. The Balaban J connectivity index is 2.07. The summed E-state index contributed by atoms with van der Waals surface area (Å²) in [5.41, 5.74) is -3.45. The van der Waals surface area contributed by atoms with Gasteiger partial charge in [-0.15, -0.1) is 0 Å². The lowest BCUT2D eigenvalue weighted by Crippen LogP contribution is -2.40. The molecule has 1 unspecified atom stereocenters. The first-order chi connectivity index (χ1) is 16.8. The van der Waals surface area contributed by atoms with Crippen LogP contribution in [0.15, 0.2) is 48.5 Å². The Bertz CT molecular complexity index is 1370. The van der Waals surface area contributed by atoms with Crippen molar-refractivity contribution in [1.82, 2.24) is 0 Å². The zero-order chi connectivity index (χ0) is 26.8. The predicted molar refractivity (Wildman–Crippen MR) is 128 cm³/mol. The molecule has 3 rings (SSSR count). The third kappa shape index (κ3) is 5.65. The normalized spacial score (nSPS) is 13.0. The number of ether oxygens (including phenoxy) is 2. The fraction of sp³-hybridized carbons (Fsp3) is 0.167. The molecule has 12 heteroatoms. The van der Waals surface area contributed by atoms with Crippen LogP contribution < -0.4 is 9.47 Å². The third-order valence-electron chi connectivity index (χ3n) is 4.91. The largest absolute Gasteiger partial charge is 0.457 e. The van der Waals surface area contributed by atoms with Crippen LogP contribution in [0, 0.1) is 17.1 Å². The van der Waals surface area contributed by atoms with E-state index >= 15 is 0 Å². The van der Waals surface area contributed by atoms with E-state index in [0.29, 0.717) is 6.07 Å². The molecule has 0 aliphatic carbocycles. The van der Waals surface area contributed by atoms with Crippen LogP contribution in [-0.4, -0.2) is 5.78 Å². The Morgan fingerprint density at radius 1 is 0.917 bits per heavy atom. The first-order valence-corrected chi connectivity index (χ1v) is 11.5. The first kappa shape index (κ1) is 27.9. The maximum Gasteiger partial charge on any atom is 0.416 e. The maximum atomic E-state index is 14.9. The summed E-state index contributed by atoms with van der Waals surface area (Å²) in [5.74, 6) is -2.91. The van der Waals surface area contributed by atoms with Gasteiger partial charge < -0.3 is 9.47 Å². The number of carbonyl (C=O) groups excluding carboxylic acids is 1. The molecule has 0 aliphatic heterocycles. The zero-order valence-electron chi connectivity index (χ0n) is 18.0. The molecule has 0 saturated carbocycles. The second-order valence-electron chi connectivity index (χ2n) is 7.25. The Morgan fingerprint density at radius 3 is 2.14 bits per heavy atom. The van der Waals surface area contributed by atoms with Crippen LogP contribution >= 0.6 is 46.4 Å². The smallest absolute Gasteiger partial charge is 0.416 e. The molecule has 0 fully saturated rings. The molecule has 0 aromatic heterocycles. The topological polar surface area (TPSA) is 59.3 Å². The van der Waals surface area contributed by atoms with Gasteiger partial charge in [-0.1, -0.05) is 59.4 Å². The Labute approximate surface area is 222 Å². The highest BCUT2D eigenvalue weighted by molar-refractivity contribution is 6.35. The van der Waals surface area contributed by atoms with Gasteiger partial charge in [-0.3, -0.25) is 4.79 Å². The molecule has 0 amide bonds. The van der Waals surface area contributed by atoms with Gasteiger partial charge in [0.05, 0.1) is 20.6 Å². The van der Waals surface area contributed by atoms with Crippen molar-refractivity contribution in [2.75, 3.05) is 0 Å². The van der Waals surface area contributed by atoms with E-state index in [1.54, 1.807) is 6.07 Å². The predicted octanol–water partition coefficient (Wildman–Crippen LogP) is 9.03. The summed E-state index contributed by atoms with van der Waals surface area (Å²) in [6, 6.07) is 9.79. The monoisotopic (exact) mass is 579 g/mol. The fourth-order valence-electron chi connectivity index (χ4n) is 3.14. The number of nitrogens with zero attached hydrogens (tertiary/aromatic N) is 1. The van der Waals surface area contributed by atoms with Gasteiger partial charge in [-0.25, -0.2) is 4.39 Å². The number of ketones is 1. The summed E-state index contributed by atoms with van der Waals surface area (Å²) in [6.45, 7) is 1.47. The summed E-state index contributed by atoms with van der Waals surface area (Å²) < 4.78 is 64.7. The molecule has 0 heterocycles. The minimum atomic E-state index is -4.63. The van der Waals surface area contributed by atoms with Crippen LogP contribution in [0.3, 0.4) is 0 Å². The summed E-state index contributed by atoms with van der Waals surface area (Å²) in [4.78, 5) is 12.9. The van der Waals surface area contributed by atoms with E-state index in [4.69, 9.17) is 55.9 Å². The summed E-state index contributed by atoms with van der Waals surface area (Å²) in [6.07, 6.45) is -4.81. The van der Waals surface area contributed by atoms with E-state index in [-0.39, 0.29) is 38.6 Å². The lowest BCUT2D eigenvalue weighted by atomic mass is 9.89. The average molecular weight is 581 g/mol. The average Bonchev–Trinajstić information content (AvgIpc) is 2.80. The van der Waals surface area contributed by atoms with E-state index < -0.39 is 39.7 Å². The second kappa shape index (κ2) is 10.7. The van der Waals surface area contributed by atoms with Crippen molar-refractivity contribution in [2.45, 2.75) is 25.1 Å². The molecule has 3 aromatic rings. The van der Waals surface area contributed by atoms with Gasteiger partial charge in [0.1, 0.15) is 17.6 Å². The van der Waals surface area contributed by atoms with Crippen molar-refractivity contribution in [2.24, 2.45) is 0 Å². The standard InChI is InChI=1S/C24H13Cl4F4NO3/c1-2-22(34)23(11-33,14-5-4-13(25)8-15(14)26)36-21-10-20(17(28)9-18(21)29)35-19-6-3-12(7-16(19)27)24(30,31)32/h3-10H,2H2,1H3. The molecule has 188 valence electrons. The van der Waals surface area contributed by atoms with Gasteiger partial charge in [-0.05, 0) is 30.3 Å². The van der Waals surface area contributed by atoms with Gasteiger partial charge in [0, 0.05) is 29.1 Å². The van der Waals surface area contributed by atoms with E-state index in [2.05, 4.69) is 0 Å². The molecule has 0 saturated heterocycles. The molecule has 4 nitrogen and oxygen atoms in total. The van der Waals surface area contributed by atoms with E-state index in [9.17, 15) is 27.6 Å². The molecule has 0 N–H and O–H groups in total. The number of nitriles is 1. The summed E-state index contributed by atoms with van der Waals surface area (Å²) in [5, 5.41) is 9.45. The zero-order valence-corrected chi connectivity index (χ0v) is 21.0. The fourth-order valence-corrected chi connectivity index (χ4v) is 4.09. The van der Waals surface area contributed by atoms with E-state index in [1.165, 1.54) is 25.1 Å². The van der Waals surface area contributed by atoms with Gasteiger partial charge in [0.25, 0.3) is 5.60 Å². The van der Waals surface area contributed by atoms with Crippen LogP contribution in [-0.2, 0) is 16.6 Å². The van der Waals surface area contributed by atoms with Crippen LogP contribution in [0.1, 0.15) is 24.5 Å². The maximum absolute atomic E-state index is 14.9. The molecule has 1 atom stereocenters. The van der Waals surface area contributed by atoms with Crippen molar-refractivity contribution in [3.8, 4) is 23.3 Å². The van der Waals surface area contributed by atoms with Crippen molar-refractivity contribution in [3.05, 3.63) is 85.6 Å². The highest BCUT2D eigenvalue weighted by Crippen LogP contribution is 2.42. The molecule has 36 heavy (non-hydrogen) atoms. The van der Waals surface area contributed by atoms with Crippen molar-refractivity contribution >= 4 is 52.2 Å². The second-order valence-corrected chi connectivity index (χ2v) is 8.91. The van der Waals surface area contributed by atoms with Crippen molar-refractivity contribution < 1.29 is 31.8 Å². The number of rotatable bonds is 7. The SMILES string of the molecule is CCC(=O)C(C#N)(Oc1cc(Oc2ccc(C(F)(F)F)cc2Cl)c(Cl)cc1F)c1ccc(Cl)cc1Cl. The van der Waals surface area contributed by atoms with E-state index in [1.807, 2.05) is 0 Å². The quantitative estimate of drug-likeness (QED) is 0.262. The Kier molecular flexibility index (Phi) is 8.31. The minimum Gasteiger partial charge on any atom is -0.457 e. The number of hydrogen-bond donors (Lipinski definition) is 0. The molecular weight excluding hydrogens is 568 g/mol. The van der Waals surface area contributed by atoms with Crippen LogP contribution in [0.5, 0.6) is 17.2 Å². The molecular formula is C24H13Cl4F4NO3. The van der Waals surface area contributed by atoms with Crippen molar-refractivity contribution in [3.63, 3.8) is 0 Å². The van der Waals surface area contributed by atoms with E-state index in [0.717, 1.165) is 24.3 Å². The van der Waals surface area contributed by atoms with Crippen LogP contribution in [0.2, 0.25) is 20.1 Å². The van der Waals surface area contributed by atoms with Crippen molar-refractivity contribution in [1.29, 1.82) is 5.26 Å². The number of alkyl halides is 3. The summed E-state index contributed by atoms with van der Waals surface area (Å²) in [7, 11) is 0. The van der Waals surface area contributed by atoms with Gasteiger partial charge in [-0.2, -0.15) is 18.4 Å². The highest BCUT2D eigenvalue weighted by atomic mass is 35.5. The number of carbonyl (C=O) groups is 1. The number of hydrogen-bond acceptors (Lipinski definition) is 4. The Morgan fingerprint density at radius 2 is 1.58 bits per heavy atom. The molecule has 0 bridgehead atoms. The summed E-state index contributed by atoms with van der Waals surface area (Å²) >= 11 is 24.1. The van der Waals surface area contributed by atoms with Gasteiger partial charge in [0.2, 0.25) is 0 Å². The third-order valence-corrected chi connectivity index (χ3v) is 6.05. The number of Topliss-reactive ketones (excluding diaryl/α,β-unsaturated/α-hetero) is 1. The lowest BCUT2D eigenvalue weighted by Gasteiger charge is -2.28. The first-order valence-electron chi connectivity index (χ1n) is 9.95. The Hall–Kier alpha value is -2.70. The molecule has 3 aromatic carbocycles. The molecule has 0 spiro atoms.